The first-order valence-electron chi connectivity index (χ1n) is 11.1. The lowest BCUT2D eigenvalue weighted by molar-refractivity contribution is -0.175. The maximum absolute atomic E-state index is 13.6. The second-order valence-electron chi connectivity index (χ2n) is 9.17. The summed E-state index contributed by atoms with van der Waals surface area (Å²) in [6.07, 6.45) is 4.06. The summed E-state index contributed by atoms with van der Waals surface area (Å²) < 4.78 is 10.7. The average molecular weight is 420 g/mol. The molecule has 2 saturated carbocycles. The molecule has 2 aromatic rings. The molecule has 5 nitrogen and oxygen atoms in total. The predicted octanol–water partition coefficient (Wildman–Crippen LogP) is 4.21. The van der Waals surface area contributed by atoms with Gasteiger partial charge in [-0.1, -0.05) is 61.4 Å². The summed E-state index contributed by atoms with van der Waals surface area (Å²) >= 11 is 0. The first-order chi connectivity index (χ1) is 15.0. The SMILES string of the molecule is COC(=O)C1(C(=O)OC)C[C@H](c2ccccc2)[C@@]23CCCC[C@@]12N(C)c1ccccc13. The Bertz CT molecular complexity index is 1020. The van der Waals surface area contributed by atoms with Crippen LogP contribution in [0, 0.1) is 5.41 Å². The van der Waals surface area contributed by atoms with Crippen molar-refractivity contribution in [1.29, 1.82) is 0 Å². The number of hydrogen-bond acceptors (Lipinski definition) is 5. The van der Waals surface area contributed by atoms with Gasteiger partial charge in [0.25, 0.3) is 0 Å². The van der Waals surface area contributed by atoms with Crippen LogP contribution < -0.4 is 4.90 Å². The molecule has 2 fully saturated rings. The third kappa shape index (κ3) is 2.12. The minimum absolute atomic E-state index is 0.00157. The topological polar surface area (TPSA) is 55.8 Å². The highest BCUT2D eigenvalue weighted by molar-refractivity contribution is 6.05. The van der Waals surface area contributed by atoms with E-state index in [1.165, 1.54) is 19.8 Å². The van der Waals surface area contributed by atoms with Gasteiger partial charge in [0.05, 0.1) is 19.8 Å². The summed E-state index contributed by atoms with van der Waals surface area (Å²) in [5.41, 5.74) is 0.991. The van der Waals surface area contributed by atoms with Crippen LogP contribution in [-0.2, 0) is 24.5 Å². The van der Waals surface area contributed by atoms with Crippen LogP contribution in [0.1, 0.15) is 49.1 Å². The molecule has 3 atom stereocenters. The second kappa shape index (κ2) is 6.84. The first kappa shape index (κ1) is 20.1. The third-order valence-corrected chi connectivity index (χ3v) is 8.50. The lowest BCUT2D eigenvalue weighted by Gasteiger charge is -2.55. The fourth-order valence-electron chi connectivity index (χ4n) is 7.59. The molecule has 3 aliphatic rings. The van der Waals surface area contributed by atoms with Gasteiger partial charge in [0.15, 0.2) is 5.41 Å². The summed E-state index contributed by atoms with van der Waals surface area (Å²) in [4.78, 5) is 29.5. The van der Waals surface area contributed by atoms with Crippen LogP contribution in [0.3, 0.4) is 0 Å². The number of nitrogens with zero attached hydrogens (tertiary/aromatic N) is 1. The Morgan fingerprint density at radius 2 is 1.52 bits per heavy atom. The molecular formula is C26H29NO4. The van der Waals surface area contributed by atoms with Gasteiger partial charge in [0.1, 0.15) is 0 Å². The van der Waals surface area contributed by atoms with Gasteiger partial charge in [0.2, 0.25) is 0 Å². The van der Waals surface area contributed by atoms with E-state index in [1.807, 2.05) is 31.3 Å². The van der Waals surface area contributed by atoms with Crippen molar-refractivity contribution in [2.24, 2.45) is 5.41 Å². The van der Waals surface area contributed by atoms with E-state index in [9.17, 15) is 9.59 Å². The second-order valence-corrected chi connectivity index (χ2v) is 9.17. The van der Waals surface area contributed by atoms with Crippen LogP contribution >= 0.6 is 0 Å². The van der Waals surface area contributed by atoms with Gasteiger partial charge in [-0.25, -0.2) is 0 Å². The van der Waals surface area contributed by atoms with E-state index in [2.05, 4.69) is 35.2 Å². The number of esters is 2. The molecule has 0 aromatic heterocycles. The Morgan fingerprint density at radius 1 is 0.903 bits per heavy atom. The Morgan fingerprint density at radius 3 is 2.19 bits per heavy atom. The Balaban J connectivity index is 1.90. The fourth-order valence-corrected chi connectivity index (χ4v) is 7.59. The Labute approximate surface area is 183 Å². The van der Waals surface area contributed by atoms with Crippen molar-refractivity contribution < 1.29 is 19.1 Å². The minimum Gasteiger partial charge on any atom is -0.468 e. The summed E-state index contributed by atoms with van der Waals surface area (Å²) in [5, 5.41) is 0. The number of ether oxygens (including phenoxy) is 2. The van der Waals surface area contributed by atoms with Crippen molar-refractivity contribution in [2.45, 2.75) is 49.0 Å². The largest absolute Gasteiger partial charge is 0.468 e. The zero-order valence-corrected chi connectivity index (χ0v) is 18.4. The van der Waals surface area contributed by atoms with Gasteiger partial charge in [-0.15, -0.1) is 0 Å². The van der Waals surface area contributed by atoms with E-state index in [0.29, 0.717) is 6.42 Å². The normalized spacial score (nSPS) is 30.2. The van der Waals surface area contributed by atoms with Gasteiger partial charge in [-0.05, 0) is 42.4 Å². The van der Waals surface area contributed by atoms with E-state index in [1.54, 1.807) is 0 Å². The van der Waals surface area contributed by atoms with Gasteiger partial charge < -0.3 is 14.4 Å². The zero-order chi connectivity index (χ0) is 21.9. The van der Waals surface area contributed by atoms with E-state index < -0.39 is 22.9 Å². The van der Waals surface area contributed by atoms with Crippen LogP contribution in [0.2, 0.25) is 0 Å². The lowest BCUT2D eigenvalue weighted by atomic mass is 9.53. The monoisotopic (exact) mass is 419 g/mol. The molecular weight excluding hydrogens is 390 g/mol. The van der Waals surface area contributed by atoms with Crippen molar-refractivity contribution >= 4 is 17.6 Å². The van der Waals surface area contributed by atoms with Gasteiger partial charge in [-0.2, -0.15) is 0 Å². The van der Waals surface area contributed by atoms with E-state index in [4.69, 9.17) is 9.47 Å². The molecule has 2 aliphatic carbocycles. The van der Waals surface area contributed by atoms with Crippen LogP contribution in [0.25, 0.3) is 0 Å². The lowest BCUT2D eigenvalue weighted by Crippen LogP contribution is -2.69. The number of fused-ring (bicyclic) bond motifs is 1. The smallest absolute Gasteiger partial charge is 0.325 e. The highest BCUT2D eigenvalue weighted by atomic mass is 16.5. The number of likely N-dealkylation sites (N-methyl/N-ethyl adjacent to an activating group) is 1. The number of benzene rings is 2. The third-order valence-electron chi connectivity index (χ3n) is 8.50. The molecule has 162 valence electrons. The number of para-hydroxylation sites is 1. The van der Waals surface area contributed by atoms with Gasteiger partial charge >= 0.3 is 11.9 Å². The predicted molar refractivity (Wildman–Crippen MR) is 118 cm³/mol. The van der Waals surface area contributed by atoms with Crippen LogP contribution in [-0.4, -0.2) is 38.7 Å². The molecule has 0 amide bonds. The summed E-state index contributed by atoms with van der Waals surface area (Å²) in [6.45, 7) is 0. The summed E-state index contributed by atoms with van der Waals surface area (Å²) in [6, 6.07) is 18.8. The van der Waals surface area contributed by atoms with Crippen molar-refractivity contribution in [3.8, 4) is 0 Å². The van der Waals surface area contributed by atoms with Gasteiger partial charge in [0, 0.05) is 18.2 Å². The number of anilines is 1. The molecule has 1 aliphatic heterocycles. The maximum Gasteiger partial charge on any atom is 0.325 e. The molecule has 0 saturated heterocycles. The van der Waals surface area contributed by atoms with Crippen LogP contribution in [0.15, 0.2) is 54.6 Å². The number of hydrogen-bond donors (Lipinski definition) is 0. The van der Waals surface area contributed by atoms with Crippen LogP contribution in [0.4, 0.5) is 5.69 Å². The fraction of sp³-hybridized carbons (Fsp3) is 0.462. The summed E-state index contributed by atoms with van der Waals surface area (Å²) in [7, 11) is 4.80. The minimum atomic E-state index is -1.40. The molecule has 2 aromatic carbocycles. The number of carbonyl (C=O) groups is 2. The molecule has 5 rings (SSSR count). The molecule has 0 unspecified atom stereocenters. The van der Waals surface area contributed by atoms with Crippen LogP contribution in [0.5, 0.6) is 0 Å². The van der Waals surface area contributed by atoms with Crippen molar-refractivity contribution in [3.63, 3.8) is 0 Å². The van der Waals surface area contributed by atoms with Crippen molar-refractivity contribution in [2.75, 3.05) is 26.2 Å². The zero-order valence-electron chi connectivity index (χ0n) is 18.4. The highest BCUT2D eigenvalue weighted by Crippen LogP contribution is 2.75. The standard InChI is InChI=1S/C26H29NO4/c1-27-21-14-8-7-13-19(21)24-15-9-10-16-26(24,27)25(22(28)30-2,23(29)31-3)17-20(24)18-11-5-4-6-12-18/h4-8,11-14,20H,9-10,15-17H2,1-3H3/t20-,24+,26+/m1/s1. The summed E-state index contributed by atoms with van der Waals surface area (Å²) in [5.74, 6) is -0.967. The Kier molecular flexibility index (Phi) is 4.44. The molecule has 5 heteroatoms. The molecule has 0 spiro atoms. The van der Waals surface area contributed by atoms with E-state index >= 15 is 0 Å². The maximum atomic E-state index is 13.6. The van der Waals surface area contributed by atoms with E-state index in [0.717, 1.165) is 36.9 Å². The molecule has 1 heterocycles. The Hall–Kier alpha value is -2.82. The number of methoxy groups -OCH3 is 2. The van der Waals surface area contributed by atoms with Crippen molar-refractivity contribution in [1.82, 2.24) is 0 Å². The van der Waals surface area contributed by atoms with E-state index in [-0.39, 0.29) is 11.3 Å². The molecule has 0 N–H and O–H groups in total. The van der Waals surface area contributed by atoms with Gasteiger partial charge in [-0.3, -0.25) is 9.59 Å². The number of rotatable bonds is 3. The molecule has 31 heavy (non-hydrogen) atoms. The van der Waals surface area contributed by atoms with Crippen molar-refractivity contribution in [3.05, 3.63) is 65.7 Å². The highest BCUT2D eigenvalue weighted by Gasteiger charge is 2.82. The number of carbonyl (C=O) groups excluding carboxylic acids is 2. The molecule has 0 bridgehead atoms. The first-order valence-corrected chi connectivity index (χ1v) is 11.1. The average Bonchev–Trinajstić information content (AvgIpc) is 3.25. The molecule has 0 radical (unpaired) electrons. The quantitative estimate of drug-likeness (QED) is 0.551.